The van der Waals surface area contributed by atoms with Crippen molar-refractivity contribution >= 4 is 28.2 Å². The highest BCUT2D eigenvalue weighted by molar-refractivity contribution is 7.99. The summed E-state index contributed by atoms with van der Waals surface area (Å²) < 4.78 is 0. The lowest BCUT2D eigenvalue weighted by atomic mass is 9.82. The number of hydrogen-bond donors (Lipinski definition) is 1. The van der Waals surface area contributed by atoms with Gasteiger partial charge in [0.25, 0.3) is 0 Å². The van der Waals surface area contributed by atoms with Gasteiger partial charge in [-0.1, -0.05) is 32.1 Å². The van der Waals surface area contributed by atoms with E-state index in [0.29, 0.717) is 11.5 Å². The van der Waals surface area contributed by atoms with Crippen LogP contribution in [0.5, 0.6) is 0 Å². The van der Waals surface area contributed by atoms with Crippen molar-refractivity contribution in [3.05, 3.63) is 5.01 Å². The Hall–Kier alpha value is -0.290. The molecule has 16 heavy (non-hydrogen) atoms. The largest absolute Gasteiger partial charge is 0.356 e. The molecular formula is C11H19N3S2. The number of hydrogen-bond acceptors (Lipinski definition) is 5. The van der Waals surface area contributed by atoms with Crippen LogP contribution >= 0.6 is 23.1 Å². The Morgan fingerprint density at radius 3 is 2.88 bits per heavy atom. The Balaban J connectivity index is 2.02. The van der Waals surface area contributed by atoms with Crippen LogP contribution in [0.4, 0.5) is 5.13 Å². The second-order valence-corrected chi connectivity index (χ2v) is 7.08. The molecule has 1 unspecified atom stereocenters. The highest BCUT2D eigenvalue weighted by Crippen LogP contribution is 2.36. The van der Waals surface area contributed by atoms with Crippen LogP contribution in [0.25, 0.3) is 0 Å². The smallest absolute Gasteiger partial charge is 0.205 e. The number of aryl methyl sites for hydroxylation is 1. The number of nitrogens with one attached hydrogen (secondary N) is 1. The van der Waals surface area contributed by atoms with E-state index in [1.54, 1.807) is 11.3 Å². The minimum absolute atomic E-state index is 0.364. The highest BCUT2D eigenvalue weighted by atomic mass is 32.2. The zero-order chi connectivity index (χ0) is 11.6. The van der Waals surface area contributed by atoms with E-state index in [4.69, 9.17) is 0 Å². The number of nitrogens with zero attached hydrogens (tertiary/aromatic N) is 2. The molecule has 0 aliphatic carbocycles. The van der Waals surface area contributed by atoms with E-state index in [0.717, 1.165) is 16.6 Å². The van der Waals surface area contributed by atoms with Crippen LogP contribution in [0.1, 0.15) is 32.2 Å². The Bertz CT molecular complexity index is 349. The predicted molar refractivity (Wildman–Crippen MR) is 72.4 cm³/mol. The number of aromatic nitrogens is 2. The molecule has 90 valence electrons. The third-order valence-corrected chi connectivity index (χ3v) is 5.25. The molecule has 1 aliphatic rings. The average Bonchev–Trinajstić information content (AvgIpc) is 2.69. The van der Waals surface area contributed by atoms with Crippen molar-refractivity contribution in [1.29, 1.82) is 0 Å². The monoisotopic (exact) mass is 257 g/mol. The van der Waals surface area contributed by atoms with Gasteiger partial charge in [-0.05, 0) is 24.0 Å². The van der Waals surface area contributed by atoms with Crippen LogP contribution in [0.2, 0.25) is 0 Å². The highest BCUT2D eigenvalue weighted by Gasteiger charge is 2.33. The van der Waals surface area contributed by atoms with Crippen molar-refractivity contribution in [3.8, 4) is 0 Å². The molecule has 1 fully saturated rings. The van der Waals surface area contributed by atoms with E-state index in [9.17, 15) is 0 Å². The summed E-state index contributed by atoms with van der Waals surface area (Å²) in [6.45, 7) is 6.79. The third kappa shape index (κ3) is 2.69. The number of anilines is 1. The van der Waals surface area contributed by atoms with Gasteiger partial charge in [0.15, 0.2) is 0 Å². The van der Waals surface area contributed by atoms with E-state index < -0.39 is 0 Å². The summed E-state index contributed by atoms with van der Waals surface area (Å²) >= 11 is 3.72. The van der Waals surface area contributed by atoms with E-state index in [2.05, 4.69) is 36.3 Å². The quantitative estimate of drug-likeness (QED) is 0.903. The van der Waals surface area contributed by atoms with Gasteiger partial charge in [0, 0.05) is 11.8 Å². The summed E-state index contributed by atoms with van der Waals surface area (Å²) in [4.78, 5) is 0. The minimum atomic E-state index is 0.364. The van der Waals surface area contributed by atoms with Gasteiger partial charge < -0.3 is 5.32 Å². The second kappa shape index (κ2) is 4.92. The first-order valence-electron chi connectivity index (χ1n) is 5.78. The maximum atomic E-state index is 4.19. The molecule has 0 bridgehead atoms. The molecule has 0 amide bonds. The lowest BCUT2D eigenvalue weighted by molar-refractivity contribution is 0.305. The topological polar surface area (TPSA) is 37.8 Å². The molecule has 0 spiro atoms. The standard InChI is InChI=1S/C11H19N3S2/c1-4-9-13-14-10(16-9)12-8-7-15-6-5-11(8,2)3/h8H,4-7H2,1-3H3,(H,12,14). The molecule has 0 aromatic carbocycles. The first kappa shape index (κ1) is 12.2. The van der Waals surface area contributed by atoms with Crippen molar-refractivity contribution in [1.82, 2.24) is 10.2 Å². The van der Waals surface area contributed by atoms with Crippen LogP contribution in [0, 0.1) is 5.41 Å². The Morgan fingerprint density at radius 2 is 2.25 bits per heavy atom. The first-order valence-corrected chi connectivity index (χ1v) is 7.75. The summed E-state index contributed by atoms with van der Waals surface area (Å²) in [5.74, 6) is 2.45. The van der Waals surface area contributed by atoms with Crippen LogP contribution in [0.15, 0.2) is 0 Å². The summed E-state index contributed by atoms with van der Waals surface area (Å²) in [5.41, 5.74) is 0.364. The Labute approximate surface area is 105 Å². The van der Waals surface area contributed by atoms with Crippen LogP contribution in [-0.4, -0.2) is 27.7 Å². The minimum Gasteiger partial charge on any atom is -0.356 e. The van der Waals surface area contributed by atoms with Gasteiger partial charge in [0.05, 0.1) is 0 Å². The van der Waals surface area contributed by atoms with Gasteiger partial charge >= 0.3 is 0 Å². The van der Waals surface area contributed by atoms with Crippen LogP contribution in [0.3, 0.4) is 0 Å². The molecule has 1 aliphatic heterocycles. The van der Waals surface area contributed by atoms with Gasteiger partial charge in [-0.25, -0.2) is 0 Å². The van der Waals surface area contributed by atoms with Crippen LogP contribution < -0.4 is 5.32 Å². The maximum absolute atomic E-state index is 4.19. The zero-order valence-corrected chi connectivity index (χ0v) is 11.7. The summed E-state index contributed by atoms with van der Waals surface area (Å²) in [6, 6.07) is 0.518. The van der Waals surface area contributed by atoms with E-state index in [1.807, 2.05) is 11.8 Å². The molecule has 5 heteroatoms. The fourth-order valence-corrected chi connectivity index (χ4v) is 4.12. The van der Waals surface area contributed by atoms with Crippen molar-refractivity contribution in [2.75, 3.05) is 16.8 Å². The molecule has 1 N–H and O–H groups in total. The Kier molecular flexibility index (Phi) is 3.74. The molecule has 1 aromatic heterocycles. The summed E-state index contributed by atoms with van der Waals surface area (Å²) in [7, 11) is 0. The SMILES string of the molecule is CCc1nnc(NC2CSCCC2(C)C)s1. The van der Waals surface area contributed by atoms with E-state index in [1.165, 1.54) is 17.9 Å². The fraction of sp³-hybridized carbons (Fsp3) is 0.818. The molecule has 0 saturated carbocycles. The van der Waals surface area contributed by atoms with E-state index >= 15 is 0 Å². The normalized spacial score (nSPS) is 24.3. The van der Waals surface area contributed by atoms with Crippen LogP contribution in [-0.2, 0) is 6.42 Å². The van der Waals surface area contributed by atoms with Gasteiger partial charge in [-0.15, -0.1) is 10.2 Å². The summed E-state index contributed by atoms with van der Waals surface area (Å²) in [5, 5.41) is 14.0. The van der Waals surface area contributed by atoms with Gasteiger partial charge in [-0.2, -0.15) is 11.8 Å². The third-order valence-electron chi connectivity index (χ3n) is 3.19. The lowest BCUT2D eigenvalue weighted by Crippen LogP contribution is -2.41. The molecule has 3 nitrogen and oxygen atoms in total. The Morgan fingerprint density at radius 1 is 1.44 bits per heavy atom. The fourth-order valence-electron chi connectivity index (χ4n) is 1.78. The van der Waals surface area contributed by atoms with Gasteiger partial charge in [0.2, 0.25) is 5.13 Å². The predicted octanol–water partition coefficient (Wildman–Crippen LogP) is 3.04. The van der Waals surface area contributed by atoms with E-state index in [-0.39, 0.29) is 0 Å². The van der Waals surface area contributed by atoms with Crippen molar-refractivity contribution in [3.63, 3.8) is 0 Å². The molecule has 2 heterocycles. The second-order valence-electron chi connectivity index (χ2n) is 4.86. The number of thioether (sulfide) groups is 1. The lowest BCUT2D eigenvalue weighted by Gasteiger charge is -2.38. The van der Waals surface area contributed by atoms with Crippen molar-refractivity contribution in [2.45, 2.75) is 39.7 Å². The molecular weight excluding hydrogens is 238 g/mol. The average molecular weight is 257 g/mol. The molecule has 2 rings (SSSR count). The molecule has 0 radical (unpaired) electrons. The molecule has 1 saturated heterocycles. The zero-order valence-electron chi connectivity index (χ0n) is 10.1. The van der Waals surface area contributed by atoms with Crippen molar-refractivity contribution in [2.24, 2.45) is 5.41 Å². The molecule has 1 atom stereocenters. The number of rotatable bonds is 3. The van der Waals surface area contributed by atoms with Gasteiger partial charge in [0.1, 0.15) is 5.01 Å². The van der Waals surface area contributed by atoms with Gasteiger partial charge in [-0.3, -0.25) is 0 Å². The van der Waals surface area contributed by atoms with Crippen molar-refractivity contribution < 1.29 is 0 Å². The molecule has 1 aromatic rings. The maximum Gasteiger partial charge on any atom is 0.205 e. The summed E-state index contributed by atoms with van der Waals surface area (Å²) in [6.07, 6.45) is 2.25. The first-order chi connectivity index (χ1) is 7.62.